The number of nitrogens with zero attached hydrogens (tertiary/aromatic N) is 4. The van der Waals surface area contributed by atoms with Crippen molar-refractivity contribution >= 4 is 5.97 Å². The summed E-state index contributed by atoms with van der Waals surface area (Å²) in [6, 6.07) is 12.5. The van der Waals surface area contributed by atoms with E-state index in [0.29, 0.717) is 17.2 Å². The number of ether oxygens (including phenoxy) is 1. The van der Waals surface area contributed by atoms with Gasteiger partial charge in [0.15, 0.2) is 5.76 Å². The van der Waals surface area contributed by atoms with Gasteiger partial charge in [-0.1, -0.05) is 12.1 Å². The lowest BCUT2D eigenvalue weighted by atomic mass is 10.1. The van der Waals surface area contributed by atoms with Gasteiger partial charge in [-0.05, 0) is 30.3 Å². The number of para-hydroxylation sites is 1. The molecule has 0 fully saturated rings. The molecule has 0 amide bonds. The average Bonchev–Trinajstić information content (AvgIpc) is 3.37. The highest BCUT2D eigenvalue weighted by Crippen LogP contribution is 2.30. The SMILES string of the molecule is COc1ccccc1-c1ccnc(-n2ncc(C(=O)O)c2-c2ccco2)n1. The second kappa shape index (κ2) is 6.75. The maximum Gasteiger partial charge on any atom is 0.339 e. The molecule has 4 rings (SSSR count). The molecule has 0 aliphatic heterocycles. The van der Waals surface area contributed by atoms with E-state index in [1.54, 1.807) is 31.5 Å². The fourth-order valence-corrected chi connectivity index (χ4v) is 2.76. The smallest absolute Gasteiger partial charge is 0.339 e. The van der Waals surface area contributed by atoms with Crippen LogP contribution in [0.1, 0.15) is 10.4 Å². The minimum Gasteiger partial charge on any atom is -0.496 e. The van der Waals surface area contributed by atoms with Gasteiger partial charge in [0, 0.05) is 11.8 Å². The molecule has 0 spiro atoms. The van der Waals surface area contributed by atoms with Crippen molar-refractivity contribution in [1.29, 1.82) is 0 Å². The number of benzene rings is 1. The average molecular weight is 362 g/mol. The van der Waals surface area contributed by atoms with Crippen LogP contribution in [0.4, 0.5) is 0 Å². The predicted molar refractivity (Wildman–Crippen MR) is 95.8 cm³/mol. The molecule has 8 heteroatoms. The third kappa shape index (κ3) is 2.93. The maximum atomic E-state index is 11.6. The molecule has 0 saturated heterocycles. The third-order valence-electron chi connectivity index (χ3n) is 3.97. The fourth-order valence-electron chi connectivity index (χ4n) is 2.76. The first kappa shape index (κ1) is 16.5. The van der Waals surface area contributed by atoms with Crippen molar-refractivity contribution in [2.75, 3.05) is 7.11 Å². The Hall–Kier alpha value is -3.94. The second-order valence-corrected chi connectivity index (χ2v) is 5.54. The zero-order valence-electron chi connectivity index (χ0n) is 14.2. The summed E-state index contributed by atoms with van der Waals surface area (Å²) in [6.45, 7) is 0. The predicted octanol–water partition coefficient (Wildman–Crippen LogP) is 3.30. The maximum absolute atomic E-state index is 11.6. The number of furan rings is 1. The molecule has 0 aliphatic carbocycles. The molecule has 3 heterocycles. The minimum absolute atomic E-state index is 0.00348. The van der Waals surface area contributed by atoms with E-state index < -0.39 is 5.97 Å². The van der Waals surface area contributed by atoms with Gasteiger partial charge in [0.1, 0.15) is 17.0 Å². The Morgan fingerprint density at radius 2 is 2.04 bits per heavy atom. The van der Waals surface area contributed by atoms with Crippen molar-refractivity contribution in [2.45, 2.75) is 0 Å². The molecular weight excluding hydrogens is 348 g/mol. The molecule has 0 saturated carbocycles. The topological polar surface area (TPSA) is 103 Å². The van der Waals surface area contributed by atoms with Crippen LogP contribution in [0.5, 0.6) is 5.75 Å². The molecule has 0 aliphatic rings. The number of carbonyl (C=O) groups is 1. The molecule has 3 aromatic heterocycles. The summed E-state index contributed by atoms with van der Waals surface area (Å²) in [5.74, 6) is 0.127. The molecule has 0 atom stereocenters. The van der Waals surface area contributed by atoms with E-state index >= 15 is 0 Å². The van der Waals surface area contributed by atoms with Gasteiger partial charge in [-0.25, -0.2) is 14.8 Å². The number of methoxy groups -OCH3 is 1. The zero-order chi connectivity index (χ0) is 18.8. The fraction of sp³-hybridized carbons (Fsp3) is 0.0526. The number of aromatic nitrogens is 4. The van der Waals surface area contributed by atoms with Crippen LogP contribution in [0.15, 0.2) is 65.5 Å². The van der Waals surface area contributed by atoms with E-state index in [-0.39, 0.29) is 17.2 Å². The van der Waals surface area contributed by atoms with Gasteiger partial charge in [0.25, 0.3) is 5.95 Å². The Morgan fingerprint density at radius 1 is 1.19 bits per heavy atom. The minimum atomic E-state index is -1.12. The van der Waals surface area contributed by atoms with Crippen LogP contribution in [0.3, 0.4) is 0 Å². The van der Waals surface area contributed by atoms with Crippen LogP contribution in [0, 0.1) is 0 Å². The molecule has 0 unspecified atom stereocenters. The van der Waals surface area contributed by atoms with Gasteiger partial charge in [-0.2, -0.15) is 9.78 Å². The third-order valence-corrected chi connectivity index (χ3v) is 3.97. The van der Waals surface area contributed by atoms with Crippen molar-refractivity contribution in [1.82, 2.24) is 19.7 Å². The van der Waals surface area contributed by atoms with Gasteiger partial charge in [0.05, 0.1) is 25.3 Å². The summed E-state index contributed by atoms with van der Waals surface area (Å²) in [5.41, 5.74) is 1.67. The zero-order valence-corrected chi connectivity index (χ0v) is 14.2. The van der Waals surface area contributed by atoms with Crippen molar-refractivity contribution in [3.05, 3.63) is 66.7 Å². The lowest BCUT2D eigenvalue weighted by molar-refractivity contribution is 0.0697. The van der Waals surface area contributed by atoms with Crippen LogP contribution < -0.4 is 4.74 Å². The first-order chi connectivity index (χ1) is 13.2. The van der Waals surface area contributed by atoms with Gasteiger partial charge in [-0.15, -0.1) is 0 Å². The molecule has 0 radical (unpaired) electrons. The lowest BCUT2D eigenvalue weighted by Crippen LogP contribution is -2.07. The van der Waals surface area contributed by atoms with Crippen LogP contribution in [0.2, 0.25) is 0 Å². The van der Waals surface area contributed by atoms with Crippen LogP contribution in [-0.2, 0) is 0 Å². The normalized spacial score (nSPS) is 10.7. The molecule has 1 aromatic carbocycles. The summed E-state index contributed by atoms with van der Waals surface area (Å²) in [4.78, 5) is 20.4. The van der Waals surface area contributed by atoms with Crippen molar-refractivity contribution < 1.29 is 19.1 Å². The summed E-state index contributed by atoms with van der Waals surface area (Å²) in [7, 11) is 1.59. The Kier molecular flexibility index (Phi) is 4.13. The number of hydrogen-bond donors (Lipinski definition) is 1. The van der Waals surface area contributed by atoms with Crippen LogP contribution >= 0.6 is 0 Å². The summed E-state index contributed by atoms with van der Waals surface area (Å²) in [5, 5.41) is 13.6. The lowest BCUT2D eigenvalue weighted by Gasteiger charge is -2.09. The highest BCUT2D eigenvalue weighted by molar-refractivity contribution is 5.94. The number of aromatic carboxylic acids is 1. The molecule has 1 N–H and O–H groups in total. The molecule has 8 nitrogen and oxygen atoms in total. The number of carboxylic acid groups (broad SMARTS) is 1. The summed E-state index contributed by atoms with van der Waals surface area (Å²) < 4.78 is 12.1. The highest BCUT2D eigenvalue weighted by Gasteiger charge is 2.23. The van der Waals surface area contributed by atoms with E-state index in [2.05, 4.69) is 15.1 Å². The largest absolute Gasteiger partial charge is 0.496 e. The molecule has 27 heavy (non-hydrogen) atoms. The number of carboxylic acids is 1. The molecular formula is C19H14N4O4. The van der Waals surface area contributed by atoms with Crippen molar-refractivity contribution in [2.24, 2.45) is 0 Å². The molecule has 134 valence electrons. The first-order valence-electron chi connectivity index (χ1n) is 8.01. The van der Waals surface area contributed by atoms with Gasteiger partial charge < -0.3 is 14.3 Å². The standard InChI is InChI=1S/C19H14N4O4/c1-26-15-6-3-2-5-12(15)14-8-9-20-19(22-14)23-17(16-7-4-10-27-16)13(11-21-23)18(24)25/h2-11H,1H3,(H,24,25). The van der Waals surface area contributed by atoms with Gasteiger partial charge >= 0.3 is 5.97 Å². The molecule has 0 bridgehead atoms. The Bertz CT molecular complexity index is 1100. The summed E-state index contributed by atoms with van der Waals surface area (Å²) >= 11 is 0. The van der Waals surface area contributed by atoms with Crippen molar-refractivity contribution in [3.8, 4) is 34.4 Å². The highest BCUT2D eigenvalue weighted by atomic mass is 16.5. The first-order valence-corrected chi connectivity index (χ1v) is 8.01. The van der Waals surface area contributed by atoms with E-state index in [1.807, 2.05) is 24.3 Å². The summed E-state index contributed by atoms with van der Waals surface area (Å²) in [6.07, 6.45) is 4.29. The van der Waals surface area contributed by atoms with Crippen LogP contribution in [0.25, 0.3) is 28.7 Å². The second-order valence-electron chi connectivity index (χ2n) is 5.54. The van der Waals surface area contributed by atoms with E-state index in [4.69, 9.17) is 9.15 Å². The number of rotatable bonds is 5. The van der Waals surface area contributed by atoms with E-state index in [0.717, 1.165) is 5.56 Å². The van der Waals surface area contributed by atoms with Gasteiger partial charge in [-0.3, -0.25) is 0 Å². The Balaban J connectivity index is 1.88. The Labute approximate surface area is 153 Å². The molecule has 4 aromatic rings. The van der Waals surface area contributed by atoms with Crippen molar-refractivity contribution in [3.63, 3.8) is 0 Å². The monoisotopic (exact) mass is 362 g/mol. The number of hydrogen-bond acceptors (Lipinski definition) is 6. The van der Waals surface area contributed by atoms with Gasteiger partial charge in [0.2, 0.25) is 0 Å². The van der Waals surface area contributed by atoms with Crippen LogP contribution in [-0.4, -0.2) is 37.9 Å². The van der Waals surface area contributed by atoms with E-state index in [1.165, 1.54) is 17.1 Å². The van der Waals surface area contributed by atoms with E-state index in [9.17, 15) is 9.90 Å². The Morgan fingerprint density at radius 3 is 2.78 bits per heavy atom. The quantitative estimate of drug-likeness (QED) is 0.581.